The van der Waals surface area contributed by atoms with Crippen LogP contribution >= 0.6 is 11.3 Å². The molecule has 0 saturated heterocycles. The van der Waals surface area contributed by atoms with Crippen molar-refractivity contribution in [1.29, 1.82) is 0 Å². The van der Waals surface area contributed by atoms with E-state index < -0.39 is 0 Å². The SMILES string of the molecule is O=C(c1cn[nH]c1-c1ccsc1)N1CCn2c1nc1ccccc12. The largest absolute Gasteiger partial charge is 0.308 e. The van der Waals surface area contributed by atoms with E-state index in [1.807, 2.05) is 41.1 Å². The summed E-state index contributed by atoms with van der Waals surface area (Å²) in [6, 6.07) is 9.94. The minimum Gasteiger partial charge on any atom is -0.308 e. The van der Waals surface area contributed by atoms with Crippen LogP contribution in [-0.2, 0) is 6.54 Å². The van der Waals surface area contributed by atoms with Crippen LogP contribution in [0.2, 0.25) is 0 Å². The van der Waals surface area contributed by atoms with Crippen molar-refractivity contribution in [3.63, 3.8) is 0 Å². The van der Waals surface area contributed by atoms with Gasteiger partial charge in [-0.3, -0.25) is 14.8 Å². The maximum absolute atomic E-state index is 13.1. The lowest BCUT2D eigenvalue weighted by Crippen LogP contribution is -2.29. The Kier molecular flexibility index (Phi) is 2.83. The minimum absolute atomic E-state index is 0.0704. The van der Waals surface area contributed by atoms with Crippen molar-refractivity contribution in [3.8, 4) is 11.3 Å². The van der Waals surface area contributed by atoms with E-state index in [0.29, 0.717) is 18.1 Å². The molecule has 1 N–H and O–H groups in total. The molecule has 3 aromatic heterocycles. The van der Waals surface area contributed by atoms with E-state index >= 15 is 0 Å². The van der Waals surface area contributed by atoms with Crippen LogP contribution < -0.4 is 4.90 Å². The van der Waals surface area contributed by atoms with Crippen LogP contribution in [0.3, 0.4) is 0 Å². The number of aromatic nitrogens is 4. The highest BCUT2D eigenvalue weighted by Gasteiger charge is 2.31. The van der Waals surface area contributed by atoms with Gasteiger partial charge in [0.25, 0.3) is 5.91 Å². The minimum atomic E-state index is -0.0704. The molecular weight excluding hydrogens is 322 g/mol. The Morgan fingerprint density at radius 1 is 1.21 bits per heavy atom. The van der Waals surface area contributed by atoms with Gasteiger partial charge in [-0.25, -0.2) is 4.98 Å². The van der Waals surface area contributed by atoms with E-state index in [1.54, 1.807) is 22.4 Å². The molecule has 4 aromatic rings. The van der Waals surface area contributed by atoms with E-state index in [-0.39, 0.29) is 5.91 Å². The summed E-state index contributed by atoms with van der Waals surface area (Å²) in [7, 11) is 0. The Labute approximate surface area is 141 Å². The summed E-state index contributed by atoms with van der Waals surface area (Å²) in [6.45, 7) is 1.38. The van der Waals surface area contributed by atoms with Gasteiger partial charge in [-0.15, -0.1) is 0 Å². The smallest absolute Gasteiger partial charge is 0.264 e. The third-order valence-electron chi connectivity index (χ3n) is 4.35. The average Bonchev–Trinajstić information content (AvgIpc) is 3.35. The maximum atomic E-state index is 13.1. The molecule has 0 fully saturated rings. The number of aromatic amines is 1. The van der Waals surface area contributed by atoms with Gasteiger partial charge in [0.15, 0.2) is 0 Å². The summed E-state index contributed by atoms with van der Waals surface area (Å²) in [6.07, 6.45) is 1.60. The predicted octanol–water partition coefficient (Wildman–Crippen LogP) is 3.15. The summed E-state index contributed by atoms with van der Waals surface area (Å²) in [5.41, 5.74) is 4.29. The molecule has 118 valence electrons. The molecule has 0 saturated carbocycles. The van der Waals surface area contributed by atoms with Gasteiger partial charge in [-0.2, -0.15) is 16.4 Å². The third kappa shape index (κ3) is 1.85. The highest BCUT2D eigenvalue weighted by Crippen LogP contribution is 2.30. The molecule has 7 heteroatoms. The number of nitrogens with zero attached hydrogens (tertiary/aromatic N) is 4. The van der Waals surface area contributed by atoms with Crippen molar-refractivity contribution in [1.82, 2.24) is 19.7 Å². The lowest BCUT2D eigenvalue weighted by molar-refractivity contribution is 0.0989. The second-order valence-electron chi connectivity index (χ2n) is 5.68. The molecular formula is C17H13N5OS. The Morgan fingerprint density at radius 2 is 2.12 bits per heavy atom. The van der Waals surface area contributed by atoms with Gasteiger partial charge < -0.3 is 4.57 Å². The number of H-pyrrole nitrogens is 1. The first-order valence-corrected chi connectivity index (χ1v) is 8.60. The van der Waals surface area contributed by atoms with Gasteiger partial charge >= 0.3 is 0 Å². The van der Waals surface area contributed by atoms with Crippen LogP contribution in [0.5, 0.6) is 0 Å². The summed E-state index contributed by atoms with van der Waals surface area (Å²) in [4.78, 5) is 19.5. The highest BCUT2D eigenvalue weighted by atomic mass is 32.1. The number of para-hydroxylation sites is 2. The van der Waals surface area contributed by atoms with Crippen LogP contribution in [0.4, 0.5) is 5.95 Å². The first kappa shape index (κ1) is 13.5. The molecule has 0 unspecified atom stereocenters. The zero-order valence-corrected chi connectivity index (χ0v) is 13.5. The number of imidazole rings is 1. The van der Waals surface area contributed by atoms with Crippen LogP contribution in [-0.4, -0.2) is 32.2 Å². The van der Waals surface area contributed by atoms with Gasteiger partial charge in [0.05, 0.1) is 28.5 Å². The average molecular weight is 335 g/mol. The normalized spacial score (nSPS) is 13.6. The number of amides is 1. The topological polar surface area (TPSA) is 66.8 Å². The highest BCUT2D eigenvalue weighted by molar-refractivity contribution is 7.08. The van der Waals surface area contributed by atoms with Crippen LogP contribution in [0, 0.1) is 0 Å². The number of carbonyl (C=O) groups is 1. The van der Waals surface area contributed by atoms with Gasteiger partial charge in [-0.1, -0.05) is 12.1 Å². The quantitative estimate of drug-likeness (QED) is 0.612. The molecule has 5 rings (SSSR count). The zero-order chi connectivity index (χ0) is 16.1. The fourth-order valence-electron chi connectivity index (χ4n) is 3.20. The molecule has 1 amide bonds. The second kappa shape index (κ2) is 5.04. The molecule has 1 aliphatic rings. The van der Waals surface area contributed by atoms with Crippen LogP contribution in [0.15, 0.2) is 47.3 Å². The van der Waals surface area contributed by atoms with Crippen molar-refractivity contribution in [2.75, 3.05) is 11.4 Å². The number of benzene rings is 1. The molecule has 24 heavy (non-hydrogen) atoms. The number of carbonyl (C=O) groups excluding carboxylic acids is 1. The maximum Gasteiger partial charge on any atom is 0.264 e. The van der Waals surface area contributed by atoms with Crippen molar-refractivity contribution in [2.24, 2.45) is 0 Å². The third-order valence-corrected chi connectivity index (χ3v) is 5.03. The second-order valence-corrected chi connectivity index (χ2v) is 6.46. The Hall–Kier alpha value is -2.93. The van der Waals surface area contributed by atoms with Crippen molar-refractivity contribution in [3.05, 3.63) is 52.9 Å². The Morgan fingerprint density at radius 3 is 3.00 bits per heavy atom. The van der Waals surface area contributed by atoms with Gasteiger partial charge in [0.1, 0.15) is 0 Å². The molecule has 1 aromatic carbocycles. The van der Waals surface area contributed by atoms with Gasteiger partial charge in [0.2, 0.25) is 5.95 Å². The number of hydrogen-bond acceptors (Lipinski definition) is 4. The number of thiophene rings is 1. The van der Waals surface area contributed by atoms with E-state index in [1.165, 1.54) is 0 Å². The number of rotatable bonds is 2. The van der Waals surface area contributed by atoms with Gasteiger partial charge in [0, 0.05) is 24.0 Å². The molecule has 0 bridgehead atoms. The number of fused-ring (bicyclic) bond motifs is 3. The molecule has 1 aliphatic heterocycles. The molecule has 0 aliphatic carbocycles. The standard InChI is InChI=1S/C17H13N5OS/c23-16(12-9-18-20-15(12)11-5-8-24-10-11)22-7-6-21-14-4-2-1-3-13(14)19-17(21)22/h1-5,8-10H,6-7H2,(H,18,20). The van der Waals surface area contributed by atoms with Crippen molar-refractivity contribution < 1.29 is 4.79 Å². The number of nitrogens with one attached hydrogen (secondary N) is 1. The summed E-state index contributed by atoms with van der Waals surface area (Å²) < 4.78 is 2.09. The van der Waals surface area contributed by atoms with Crippen molar-refractivity contribution >= 4 is 34.2 Å². The molecule has 4 heterocycles. The van der Waals surface area contributed by atoms with E-state index in [4.69, 9.17) is 0 Å². The summed E-state index contributed by atoms with van der Waals surface area (Å²) >= 11 is 1.59. The first-order valence-electron chi connectivity index (χ1n) is 7.66. The lowest BCUT2D eigenvalue weighted by Gasteiger charge is -2.13. The van der Waals surface area contributed by atoms with E-state index in [0.717, 1.165) is 28.8 Å². The Bertz CT molecular complexity index is 1050. The predicted molar refractivity (Wildman–Crippen MR) is 93.3 cm³/mol. The lowest BCUT2D eigenvalue weighted by atomic mass is 10.1. The molecule has 6 nitrogen and oxygen atoms in total. The van der Waals surface area contributed by atoms with Gasteiger partial charge in [-0.05, 0) is 23.6 Å². The fraction of sp³-hybridized carbons (Fsp3) is 0.118. The number of hydrogen-bond donors (Lipinski definition) is 1. The van der Waals surface area contributed by atoms with E-state index in [9.17, 15) is 4.79 Å². The fourth-order valence-corrected chi connectivity index (χ4v) is 3.85. The molecule has 0 atom stereocenters. The Balaban J connectivity index is 1.58. The monoisotopic (exact) mass is 335 g/mol. The summed E-state index contributed by atoms with van der Waals surface area (Å²) in [5, 5.41) is 11.0. The molecule has 0 radical (unpaired) electrons. The molecule has 0 spiro atoms. The zero-order valence-electron chi connectivity index (χ0n) is 12.6. The van der Waals surface area contributed by atoms with Crippen LogP contribution in [0.25, 0.3) is 22.3 Å². The van der Waals surface area contributed by atoms with E-state index in [2.05, 4.69) is 19.7 Å². The van der Waals surface area contributed by atoms with Crippen LogP contribution in [0.1, 0.15) is 10.4 Å². The van der Waals surface area contributed by atoms with Crippen molar-refractivity contribution in [2.45, 2.75) is 6.54 Å². The summed E-state index contributed by atoms with van der Waals surface area (Å²) in [5.74, 6) is 0.637. The first-order chi connectivity index (χ1) is 11.8. The number of anilines is 1.